The Hall–Kier alpha value is -1.95. The molecule has 0 saturated heterocycles. The average molecular weight is 209 g/mol. The summed E-state index contributed by atoms with van der Waals surface area (Å²) >= 11 is 0. The van der Waals surface area contributed by atoms with Crippen molar-refractivity contribution in [3.63, 3.8) is 0 Å². The van der Waals surface area contributed by atoms with E-state index in [0.29, 0.717) is 5.69 Å². The zero-order valence-electron chi connectivity index (χ0n) is 8.14. The molecule has 0 unspecified atom stereocenters. The third-order valence-corrected chi connectivity index (χ3v) is 1.76. The molecular weight excluding hydrogens is 198 g/mol. The molecule has 1 aromatic rings. The first kappa shape index (κ1) is 11.1. The summed E-state index contributed by atoms with van der Waals surface area (Å²) in [5, 5.41) is 12.9. The van der Waals surface area contributed by atoms with Gasteiger partial charge < -0.3 is 11.1 Å². The maximum absolute atomic E-state index is 11.2. The molecule has 0 aliphatic carbocycles. The molecule has 6 heteroatoms. The first-order valence-electron chi connectivity index (χ1n) is 4.31. The van der Waals surface area contributed by atoms with Crippen molar-refractivity contribution in [2.24, 2.45) is 5.73 Å². The summed E-state index contributed by atoms with van der Waals surface area (Å²) in [4.78, 5) is 21.0. The maximum atomic E-state index is 11.2. The SMILES string of the molecule is C[C@H](N)C(=O)Nc1ccc([N+](=O)[O-])cc1. The molecule has 0 radical (unpaired) electrons. The topological polar surface area (TPSA) is 98.3 Å². The van der Waals surface area contributed by atoms with Gasteiger partial charge in [-0.2, -0.15) is 0 Å². The molecule has 0 heterocycles. The van der Waals surface area contributed by atoms with Crippen LogP contribution in [0.1, 0.15) is 6.92 Å². The standard InChI is InChI=1S/C9H11N3O3/c1-6(10)9(13)11-7-2-4-8(5-3-7)12(14)15/h2-6H,10H2,1H3,(H,11,13)/t6-/m0/s1. The highest BCUT2D eigenvalue weighted by atomic mass is 16.6. The number of benzene rings is 1. The number of nitrogens with zero attached hydrogens (tertiary/aromatic N) is 1. The van der Waals surface area contributed by atoms with Gasteiger partial charge in [-0.15, -0.1) is 0 Å². The Balaban J connectivity index is 2.73. The number of nitrogens with two attached hydrogens (primary N) is 1. The highest BCUT2D eigenvalue weighted by Crippen LogP contribution is 2.15. The van der Waals surface area contributed by atoms with Crippen LogP contribution in [0.2, 0.25) is 0 Å². The Kier molecular flexibility index (Phi) is 3.35. The quantitative estimate of drug-likeness (QED) is 0.570. The van der Waals surface area contributed by atoms with E-state index in [-0.39, 0.29) is 11.6 Å². The number of hydrogen-bond acceptors (Lipinski definition) is 4. The van der Waals surface area contributed by atoms with E-state index in [0.717, 1.165) is 0 Å². The molecule has 1 amide bonds. The van der Waals surface area contributed by atoms with Gasteiger partial charge in [0.1, 0.15) is 0 Å². The number of anilines is 1. The second-order valence-corrected chi connectivity index (χ2v) is 3.08. The summed E-state index contributed by atoms with van der Waals surface area (Å²) in [6.45, 7) is 1.56. The molecule has 0 fully saturated rings. The lowest BCUT2D eigenvalue weighted by Crippen LogP contribution is -2.32. The molecule has 80 valence electrons. The molecule has 0 saturated carbocycles. The van der Waals surface area contributed by atoms with Gasteiger partial charge in [0, 0.05) is 17.8 Å². The van der Waals surface area contributed by atoms with E-state index < -0.39 is 11.0 Å². The van der Waals surface area contributed by atoms with Gasteiger partial charge in [-0.3, -0.25) is 14.9 Å². The Morgan fingerprint density at radius 2 is 2.00 bits per heavy atom. The van der Waals surface area contributed by atoms with E-state index >= 15 is 0 Å². The minimum atomic E-state index is -0.611. The summed E-state index contributed by atoms with van der Waals surface area (Å²) in [7, 11) is 0. The van der Waals surface area contributed by atoms with Gasteiger partial charge in [-0.1, -0.05) is 0 Å². The fourth-order valence-corrected chi connectivity index (χ4v) is 0.923. The van der Waals surface area contributed by atoms with E-state index in [1.807, 2.05) is 0 Å². The van der Waals surface area contributed by atoms with Gasteiger partial charge in [0.2, 0.25) is 5.91 Å². The summed E-state index contributed by atoms with van der Waals surface area (Å²) in [5.74, 6) is -0.330. The molecule has 1 rings (SSSR count). The lowest BCUT2D eigenvalue weighted by molar-refractivity contribution is -0.384. The second-order valence-electron chi connectivity index (χ2n) is 3.08. The van der Waals surface area contributed by atoms with Crippen molar-refractivity contribution in [3.05, 3.63) is 34.4 Å². The van der Waals surface area contributed by atoms with Gasteiger partial charge in [-0.05, 0) is 19.1 Å². The Morgan fingerprint density at radius 3 is 2.40 bits per heavy atom. The van der Waals surface area contributed by atoms with Crippen LogP contribution in [-0.2, 0) is 4.79 Å². The van der Waals surface area contributed by atoms with Crippen LogP contribution in [0, 0.1) is 10.1 Å². The minimum absolute atomic E-state index is 0.0196. The summed E-state index contributed by atoms with van der Waals surface area (Å²) < 4.78 is 0. The number of rotatable bonds is 3. The molecule has 0 aliphatic heterocycles. The van der Waals surface area contributed by atoms with Crippen LogP contribution < -0.4 is 11.1 Å². The molecule has 0 bridgehead atoms. The number of hydrogen-bond donors (Lipinski definition) is 2. The van der Waals surface area contributed by atoms with Crippen LogP contribution >= 0.6 is 0 Å². The van der Waals surface area contributed by atoms with Crippen molar-refractivity contribution in [2.75, 3.05) is 5.32 Å². The smallest absolute Gasteiger partial charge is 0.269 e. The first-order chi connectivity index (χ1) is 7.00. The van der Waals surface area contributed by atoms with E-state index in [1.54, 1.807) is 6.92 Å². The molecule has 6 nitrogen and oxygen atoms in total. The number of nitro benzene ring substituents is 1. The largest absolute Gasteiger partial charge is 0.325 e. The molecule has 0 aliphatic rings. The van der Waals surface area contributed by atoms with Crippen molar-refractivity contribution in [1.82, 2.24) is 0 Å². The second kappa shape index (κ2) is 4.52. The monoisotopic (exact) mass is 209 g/mol. The highest BCUT2D eigenvalue weighted by molar-refractivity contribution is 5.94. The fraction of sp³-hybridized carbons (Fsp3) is 0.222. The van der Waals surface area contributed by atoms with Crippen LogP contribution in [-0.4, -0.2) is 16.9 Å². The van der Waals surface area contributed by atoms with Crippen LogP contribution in [0.25, 0.3) is 0 Å². The summed E-state index contributed by atoms with van der Waals surface area (Å²) in [5.41, 5.74) is 5.81. The van der Waals surface area contributed by atoms with Gasteiger partial charge in [-0.25, -0.2) is 0 Å². The van der Waals surface area contributed by atoms with Gasteiger partial charge in [0.15, 0.2) is 0 Å². The van der Waals surface area contributed by atoms with E-state index in [1.165, 1.54) is 24.3 Å². The molecule has 0 spiro atoms. The fourth-order valence-electron chi connectivity index (χ4n) is 0.923. The van der Waals surface area contributed by atoms with Crippen molar-refractivity contribution in [1.29, 1.82) is 0 Å². The van der Waals surface area contributed by atoms with Crippen molar-refractivity contribution < 1.29 is 9.72 Å². The van der Waals surface area contributed by atoms with Gasteiger partial charge in [0.25, 0.3) is 5.69 Å². The number of nitro groups is 1. The summed E-state index contributed by atoms with van der Waals surface area (Å²) in [6.07, 6.45) is 0. The van der Waals surface area contributed by atoms with E-state index in [9.17, 15) is 14.9 Å². The lowest BCUT2D eigenvalue weighted by atomic mass is 10.2. The molecule has 15 heavy (non-hydrogen) atoms. The van der Waals surface area contributed by atoms with Crippen molar-refractivity contribution >= 4 is 17.3 Å². The van der Waals surface area contributed by atoms with Crippen LogP contribution in [0.4, 0.5) is 11.4 Å². The zero-order valence-corrected chi connectivity index (χ0v) is 8.14. The molecule has 1 atom stereocenters. The molecule has 0 aromatic heterocycles. The van der Waals surface area contributed by atoms with Crippen molar-refractivity contribution in [3.8, 4) is 0 Å². The number of non-ortho nitro benzene ring substituents is 1. The van der Waals surface area contributed by atoms with Crippen LogP contribution in [0.5, 0.6) is 0 Å². The van der Waals surface area contributed by atoms with E-state index in [4.69, 9.17) is 5.73 Å². The van der Waals surface area contributed by atoms with Crippen molar-refractivity contribution in [2.45, 2.75) is 13.0 Å². The normalized spacial score (nSPS) is 11.9. The third-order valence-electron chi connectivity index (χ3n) is 1.76. The Morgan fingerprint density at radius 1 is 1.47 bits per heavy atom. The zero-order chi connectivity index (χ0) is 11.4. The summed E-state index contributed by atoms with van der Waals surface area (Å²) in [6, 6.07) is 4.94. The number of amides is 1. The van der Waals surface area contributed by atoms with E-state index in [2.05, 4.69) is 5.32 Å². The highest BCUT2D eigenvalue weighted by Gasteiger charge is 2.08. The maximum Gasteiger partial charge on any atom is 0.269 e. The molecule has 1 aromatic carbocycles. The lowest BCUT2D eigenvalue weighted by Gasteiger charge is -2.06. The minimum Gasteiger partial charge on any atom is -0.325 e. The first-order valence-corrected chi connectivity index (χ1v) is 4.31. The Labute approximate surface area is 86.2 Å². The number of nitrogens with one attached hydrogen (secondary N) is 1. The van der Waals surface area contributed by atoms with Crippen LogP contribution in [0.15, 0.2) is 24.3 Å². The van der Waals surface area contributed by atoms with Crippen LogP contribution in [0.3, 0.4) is 0 Å². The predicted molar refractivity (Wildman–Crippen MR) is 55.4 cm³/mol. The molecule has 3 N–H and O–H groups in total. The Bertz CT molecular complexity index is 373. The average Bonchev–Trinajstić information content (AvgIpc) is 2.18. The van der Waals surface area contributed by atoms with Gasteiger partial charge in [0.05, 0.1) is 11.0 Å². The molecular formula is C9H11N3O3. The number of carbonyl (C=O) groups excluding carboxylic acids is 1. The number of carbonyl (C=O) groups is 1. The predicted octanol–water partition coefficient (Wildman–Crippen LogP) is 0.881. The van der Waals surface area contributed by atoms with Gasteiger partial charge >= 0.3 is 0 Å². The third kappa shape index (κ3) is 3.03.